The van der Waals surface area contributed by atoms with Crippen molar-refractivity contribution in [3.05, 3.63) is 17.5 Å². The number of ether oxygens (including phenoxy) is 1. The number of likely N-dealkylation sites (tertiary alicyclic amines) is 1. The third kappa shape index (κ3) is 5.02. The Hall–Kier alpha value is -0.950. The number of hydrogen-bond acceptors (Lipinski definition) is 5. The highest BCUT2D eigenvalue weighted by Gasteiger charge is 2.23. The average Bonchev–Trinajstić information content (AvgIpc) is 2.87. The molecule has 0 aromatic carbocycles. The molecule has 1 aromatic heterocycles. The monoisotopic (exact) mass is 336 g/mol. The zero-order valence-electron chi connectivity index (χ0n) is 15.2. The second-order valence-electron chi connectivity index (χ2n) is 7.42. The molecule has 1 N–H and O–H groups in total. The van der Waals surface area contributed by atoms with Crippen LogP contribution in [0.3, 0.4) is 0 Å². The van der Waals surface area contributed by atoms with Crippen molar-refractivity contribution in [1.82, 2.24) is 19.6 Å². The van der Waals surface area contributed by atoms with Gasteiger partial charge < -0.3 is 14.7 Å². The lowest BCUT2D eigenvalue weighted by molar-refractivity contribution is 0.00388. The van der Waals surface area contributed by atoms with Gasteiger partial charge in [-0.3, -0.25) is 9.58 Å². The Morgan fingerprint density at radius 2 is 1.75 bits per heavy atom. The minimum absolute atomic E-state index is 0.254. The summed E-state index contributed by atoms with van der Waals surface area (Å²) in [7, 11) is 0. The molecule has 136 valence electrons. The minimum atomic E-state index is -0.254. The third-order valence-electron chi connectivity index (χ3n) is 5.28. The molecule has 6 heteroatoms. The number of nitrogens with zero attached hydrogens (tertiary/aromatic N) is 4. The van der Waals surface area contributed by atoms with E-state index in [2.05, 4.69) is 39.5 Å². The molecule has 0 unspecified atom stereocenters. The largest absolute Gasteiger partial charge is 0.390 e. The molecule has 0 saturated carbocycles. The predicted molar refractivity (Wildman–Crippen MR) is 94.1 cm³/mol. The molecule has 24 heavy (non-hydrogen) atoms. The van der Waals surface area contributed by atoms with Crippen molar-refractivity contribution in [2.75, 3.05) is 52.5 Å². The van der Waals surface area contributed by atoms with Crippen molar-refractivity contribution in [2.45, 2.75) is 39.3 Å². The fraction of sp³-hybridized carbons (Fsp3) is 0.833. The summed E-state index contributed by atoms with van der Waals surface area (Å²) >= 11 is 0. The molecule has 2 fully saturated rings. The molecule has 6 nitrogen and oxygen atoms in total. The van der Waals surface area contributed by atoms with Gasteiger partial charge >= 0.3 is 0 Å². The number of rotatable bonds is 6. The van der Waals surface area contributed by atoms with Gasteiger partial charge in [-0.1, -0.05) is 0 Å². The molecule has 2 aliphatic heterocycles. The maximum absolute atomic E-state index is 10.4. The van der Waals surface area contributed by atoms with Crippen LogP contribution in [0.4, 0.5) is 0 Å². The number of aliphatic hydroxyl groups excluding tert-OH is 1. The quantitative estimate of drug-likeness (QED) is 0.837. The lowest BCUT2D eigenvalue weighted by Crippen LogP contribution is -2.46. The van der Waals surface area contributed by atoms with Crippen LogP contribution in [0.1, 0.15) is 24.2 Å². The van der Waals surface area contributed by atoms with Gasteiger partial charge in [0.25, 0.3) is 0 Å². The maximum Gasteiger partial charge on any atom is 0.0793 e. The summed E-state index contributed by atoms with van der Waals surface area (Å²) in [4.78, 5) is 4.73. The Morgan fingerprint density at radius 3 is 2.33 bits per heavy atom. The number of aromatic nitrogens is 2. The van der Waals surface area contributed by atoms with E-state index in [4.69, 9.17) is 4.74 Å². The summed E-state index contributed by atoms with van der Waals surface area (Å²) in [6.07, 6.45) is 2.14. The van der Waals surface area contributed by atoms with E-state index < -0.39 is 0 Å². The molecular weight excluding hydrogens is 304 g/mol. The van der Waals surface area contributed by atoms with Gasteiger partial charge in [0.1, 0.15) is 0 Å². The number of piperidine rings is 1. The minimum Gasteiger partial charge on any atom is -0.390 e. The topological polar surface area (TPSA) is 53.8 Å². The SMILES string of the molecule is Cc1cc(C)n(CC2CCN(C[C@H](O)CN3CCOCC3)CC2)n1. The normalized spacial score (nSPS) is 22.8. The Balaban J connectivity index is 1.37. The Morgan fingerprint density at radius 1 is 1.12 bits per heavy atom. The summed E-state index contributed by atoms with van der Waals surface area (Å²) in [6.45, 7) is 12.5. The maximum atomic E-state index is 10.4. The van der Waals surface area contributed by atoms with Crippen LogP contribution >= 0.6 is 0 Å². The highest BCUT2D eigenvalue weighted by molar-refractivity contribution is 5.06. The van der Waals surface area contributed by atoms with E-state index in [-0.39, 0.29) is 6.10 Å². The van der Waals surface area contributed by atoms with Crippen LogP contribution in [-0.4, -0.2) is 83.3 Å². The van der Waals surface area contributed by atoms with E-state index in [9.17, 15) is 5.11 Å². The number of morpholine rings is 1. The van der Waals surface area contributed by atoms with E-state index in [0.29, 0.717) is 5.92 Å². The molecule has 3 heterocycles. The zero-order valence-corrected chi connectivity index (χ0v) is 15.2. The number of aryl methyl sites for hydroxylation is 2. The van der Waals surface area contributed by atoms with Crippen molar-refractivity contribution >= 4 is 0 Å². The van der Waals surface area contributed by atoms with Gasteiger partial charge in [-0.25, -0.2) is 0 Å². The summed E-state index contributed by atoms with van der Waals surface area (Å²) in [6, 6.07) is 2.15. The van der Waals surface area contributed by atoms with Gasteiger partial charge in [0.15, 0.2) is 0 Å². The van der Waals surface area contributed by atoms with Crippen molar-refractivity contribution in [2.24, 2.45) is 5.92 Å². The van der Waals surface area contributed by atoms with E-state index in [1.54, 1.807) is 0 Å². The van der Waals surface area contributed by atoms with Crippen LogP contribution in [0.5, 0.6) is 0 Å². The average molecular weight is 336 g/mol. The summed E-state index contributed by atoms with van der Waals surface area (Å²) in [5.74, 6) is 0.704. The van der Waals surface area contributed by atoms with E-state index in [1.807, 2.05) is 0 Å². The van der Waals surface area contributed by atoms with Gasteiger partial charge in [0.05, 0.1) is 25.0 Å². The van der Waals surface area contributed by atoms with Gasteiger partial charge in [-0.15, -0.1) is 0 Å². The van der Waals surface area contributed by atoms with Crippen LogP contribution in [0.25, 0.3) is 0 Å². The van der Waals surface area contributed by atoms with Crippen LogP contribution in [0.15, 0.2) is 6.07 Å². The van der Waals surface area contributed by atoms with E-state index >= 15 is 0 Å². The molecule has 2 aliphatic rings. The summed E-state index contributed by atoms with van der Waals surface area (Å²) in [5.41, 5.74) is 2.37. The molecule has 0 aliphatic carbocycles. The highest BCUT2D eigenvalue weighted by Crippen LogP contribution is 2.20. The second kappa shape index (κ2) is 8.43. The molecule has 0 amide bonds. The zero-order chi connectivity index (χ0) is 16.9. The first kappa shape index (κ1) is 17.9. The Labute approximate surface area is 145 Å². The lowest BCUT2D eigenvalue weighted by atomic mass is 9.96. The molecule has 2 saturated heterocycles. The Kier molecular flexibility index (Phi) is 6.27. The fourth-order valence-electron chi connectivity index (χ4n) is 3.89. The first-order valence-electron chi connectivity index (χ1n) is 9.31. The van der Waals surface area contributed by atoms with Gasteiger partial charge in [-0.05, 0) is 51.8 Å². The highest BCUT2D eigenvalue weighted by atomic mass is 16.5. The number of aliphatic hydroxyl groups is 1. The van der Waals surface area contributed by atoms with Crippen molar-refractivity contribution in [1.29, 1.82) is 0 Å². The van der Waals surface area contributed by atoms with Gasteiger partial charge in [0, 0.05) is 38.4 Å². The molecule has 0 spiro atoms. The standard InChI is InChI=1S/C18H32N4O2/c1-15-11-16(2)22(19-15)12-17-3-5-20(6-4-17)13-18(23)14-21-7-9-24-10-8-21/h11,17-18,23H,3-10,12-14H2,1-2H3/t18-/m0/s1. The van der Waals surface area contributed by atoms with E-state index in [0.717, 1.165) is 64.7 Å². The molecular formula is C18H32N4O2. The first-order valence-corrected chi connectivity index (χ1v) is 9.31. The molecule has 0 radical (unpaired) electrons. The first-order chi connectivity index (χ1) is 11.6. The smallest absolute Gasteiger partial charge is 0.0793 e. The van der Waals surface area contributed by atoms with E-state index in [1.165, 1.54) is 18.5 Å². The Bertz CT molecular complexity index is 505. The lowest BCUT2D eigenvalue weighted by Gasteiger charge is -2.35. The van der Waals surface area contributed by atoms with Crippen molar-refractivity contribution in [3.8, 4) is 0 Å². The van der Waals surface area contributed by atoms with Crippen LogP contribution in [0.2, 0.25) is 0 Å². The third-order valence-corrected chi connectivity index (χ3v) is 5.28. The molecule has 1 aromatic rings. The molecule has 3 rings (SSSR count). The second-order valence-corrected chi connectivity index (χ2v) is 7.42. The number of hydrogen-bond donors (Lipinski definition) is 1. The fourth-order valence-corrected chi connectivity index (χ4v) is 3.89. The molecule has 0 bridgehead atoms. The predicted octanol–water partition coefficient (Wildman–Crippen LogP) is 0.905. The van der Waals surface area contributed by atoms with Crippen LogP contribution in [-0.2, 0) is 11.3 Å². The van der Waals surface area contributed by atoms with Crippen LogP contribution < -0.4 is 0 Å². The van der Waals surface area contributed by atoms with Gasteiger partial charge in [-0.2, -0.15) is 5.10 Å². The van der Waals surface area contributed by atoms with Crippen molar-refractivity contribution < 1.29 is 9.84 Å². The molecule has 1 atom stereocenters. The summed E-state index contributed by atoms with van der Waals surface area (Å²) < 4.78 is 7.52. The summed E-state index contributed by atoms with van der Waals surface area (Å²) in [5, 5.41) is 14.9. The number of β-amino-alcohol motifs (C(OH)–C–C–N with tert-alkyl or cyclic N) is 1. The van der Waals surface area contributed by atoms with Crippen molar-refractivity contribution in [3.63, 3.8) is 0 Å². The van der Waals surface area contributed by atoms with Gasteiger partial charge in [0.2, 0.25) is 0 Å². The van der Waals surface area contributed by atoms with Crippen LogP contribution in [0, 0.1) is 19.8 Å².